The largest absolute Gasteiger partial charge is 0.393 e. The Morgan fingerprint density at radius 2 is 1.83 bits per heavy atom. The fourth-order valence-corrected chi connectivity index (χ4v) is 6.89. The minimum absolute atomic E-state index is 0.109. The summed E-state index contributed by atoms with van der Waals surface area (Å²) in [5.41, 5.74) is 0.393. The second-order valence-corrected chi connectivity index (χ2v) is 9.33. The van der Waals surface area contributed by atoms with Crippen molar-refractivity contribution in [2.24, 2.45) is 34.5 Å². The number of hydrogen-bond donors (Lipinski definition) is 1. The first-order chi connectivity index (χ1) is 11.4. The van der Waals surface area contributed by atoms with Crippen LogP contribution in [-0.2, 0) is 4.74 Å². The van der Waals surface area contributed by atoms with Gasteiger partial charge < -0.3 is 9.84 Å². The van der Waals surface area contributed by atoms with Crippen molar-refractivity contribution in [3.8, 4) is 6.07 Å². The number of aliphatic hydroxyl groups excluding tert-OH is 1. The lowest BCUT2D eigenvalue weighted by Gasteiger charge is -2.57. The van der Waals surface area contributed by atoms with E-state index in [9.17, 15) is 10.4 Å². The summed E-state index contributed by atoms with van der Waals surface area (Å²) >= 11 is 0. The van der Waals surface area contributed by atoms with Crippen molar-refractivity contribution in [1.29, 1.82) is 5.26 Å². The van der Waals surface area contributed by atoms with Crippen LogP contribution < -0.4 is 0 Å². The summed E-state index contributed by atoms with van der Waals surface area (Å²) in [5.74, 6) is 2.06. The van der Waals surface area contributed by atoms with E-state index >= 15 is 0 Å². The van der Waals surface area contributed by atoms with Gasteiger partial charge in [-0.2, -0.15) is 5.26 Å². The van der Waals surface area contributed by atoms with E-state index in [0.29, 0.717) is 17.8 Å². The summed E-state index contributed by atoms with van der Waals surface area (Å²) < 4.78 is 6.08. The van der Waals surface area contributed by atoms with E-state index < -0.39 is 0 Å². The molecule has 0 aromatic heterocycles. The maximum atomic E-state index is 9.98. The van der Waals surface area contributed by atoms with Crippen LogP contribution >= 0.6 is 0 Å². The molecule has 0 aromatic carbocycles. The van der Waals surface area contributed by atoms with Crippen LogP contribution in [0.25, 0.3) is 0 Å². The molecule has 3 fully saturated rings. The van der Waals surface area contributed by atoms with Gasteiger partial charge in [-0.15, -0.1) is 0 Å². The topological polar surface area (TPSA) is 53.2 Å². The molecular formula is C21H35NO2. The Kier molecular flexibility index (Phi) is 5.02. The van der Waals surface area contributed by atoms with Gasteiger partial charge in [-0.25, -0.2) is 0 Å². The van der Waals surface area contributed by atoms with Gasteiger partial charge in [-0.3, -0.25) is 0 Å². The van der Waals surface area contributed by atoms with E-state index in [1.807, 2.05) is 7.11 Å². The number of rotatable bonds is 3. The Bertz CT molecular complexity index is 491. The van der Waals surface area contributed by atoms with Crippen molar-refractivity contribution in [2.45, 2.75) is 84.3 Å². The Morgan fingerprint density at radius 1 is 1.17 bits per heavy atom. The Morgan fingerprint density at radius 3 is 2.38 bits per heavy atom. The molecule has 0 spiro atoms. The summed E-state index contributed by atoms with van der Waals surface area (Å²) in [6.45, 7) is 7.13. The van der Waals surface area contributed by atoms with Gasteiger partial charge in [0.05, 0.1) is 24.2 Å². The highest BCUT2D eigenvalue weighted by atomic mass is 16.5. The zero-order chi connectivity index (χ0) is 17.5. The molecule has 3 aliphatic carbocycles. The van der Waals surface area contributed by atoms with Crippen LogP contribution in [0.3, 0.4) is 0 Å². The molecule has 3 nitrogen and oxygen atoms in total. The summed E-state index contributed by atoms with van der Waals surface area (Å²) in [7, 11) is 1.87. The predicted octanol–water partition coefficient (Wildman–Crippen LogP) is 4.54. The number of fused-ring (bicyclic) bond motifs is 1. The third-order valence-electron chi connectivity index (χ3n) is 8.26. The number of hydrogen-bond acceptors (Lipinski definition) is 3. The Hall–Kier alpha value is -0.590. The minimum Gasteiger partial charge on any atom is -0.393 e. The predicted molar refractivity (Wildman–Crippen MR) is 95.2 cm³/mol. The average molecular weight is 334 g/mol. The summed E-state index contributed by atoms with van der Waals surface area (Å²) in [6.07, 6.45) is 8.72. The molecule has 1 N–H and O–H groups in total. The lowest BCUT2D eigenvalue weighted by molar-refractivity contribution is -0.143. The fraction of sp³-hybridized carbons (Fsp3) is 0.952. The van der Waals surface area contributed by atoms with Gasteiger partial charge in [0, 0.05) is 7.11 Å². The van der Waals surface area contributed by atoms with Gasteiger partial charge >= 0.3 is 0 Å². The van der Waals surface area contributed by atoms with Crippen molar-refractivity contribution in [1.82, 2.24) is 0 Å². The summed E-state index contributed by atoms with van der Waals surface area (Å²) in [4.78, 5) is 0. The quantitative estimate of drug-likeness (QED) is 0.824. The first-order valence-electron chi connectivity index (χ1n) is 10.00. The lowest BCUT2D eigenvalue weighted by atomic mass is 9.49. The monoisotopic (exact) mass is 333 g/mol. The van der Waals surface area contributed by atoms with Crippen LogP contribution in [0.15, 0.2) is 0 Å². The molecule has 3 rings (SSSR count). The third kappa shape index (κ3) is 2.71. The maximum absolute atomic E-state index is 9.98. The molecule has 0 radical (unpaired) electrons. The zero-order valence-corrected chi connectivity index (χ0v) is 15.9. The molecule has 0 aliphatic heterocycles. The van der Waals surface area contributed by atoms with Crippen molar-refractivity contribution < 1.29 is 9.84 Å². The van der Waals surface area contributed by atoms with Crippen LogP contribution in [0.2, 0.25) is 0 Å². The van der Waals surface area contributed by atoms with Gasteiger partial charge in [-0.05, 0) is 73.5 Å². The van der Waals surface area contributed by atoms with Crippen LogP contribution in [0.1, 0.15) is 72.1 Å². The van der Waals surface area contributed by atoms with Crippen molar-refractivity contribution in [3.05, 3.63) is 0 Å². The normalized spacial score (nSPS) is 51.8. The average Bonchev–Trinajstić information content (AvgIpc) is 2.91. The van der Waals surface area contributed by atoms with Crippen LogP contribution in [0.4, 0.5) is 0 Å². The SMILES string of the molecule is CCC1C(C2(C)CCC(O)CC2)C(OC)CC2(C)C(C#N)CCC12. The van der Waals surface area contributed by atoms with Crippen molar-refractivity contribution in [3.63, 3.8) is 0 Å². The Balaban J connectivity index is 1.93. The van der Waals surface area contributed by atoms with Crippen LogP contribution in [0, 0.1) is 45.8 Å². The molecule has 0 bridgehead atoms. The molecule has 6 atom stereocenters. The highest BCUT2D eigenvalue weighted by Crippen LogP contribution is 2.64. The number of nitriles is 1. The molecule has 3 heteroatoms. The highest BCUT2D eigenvalue weighted by molar-refractivity contribution is 5.12. The standard InChI is InChI=1S/C21H35NO2/c1-5-16-17-7-6-14(13-22)21(17,3)12-18(24-4)19(16)20(2)10-8-15(23)9-11-20/h14-19,23H,5-12H2,1-4H3. The number of aliphatic hydroxyl groups is 1. The molecule has 6 unspecified atom stereocenters. The second kappa shape index (κ2) is 6.61. The molecule has 0 amide bonds. The highest BCUT2D eigenvalue weighted by Gasteiger charge is 2.60. The molecular weight excluding hydrogens is 298 g/mol. The molecule has 3 aliphatic rings. The molecule has 136 valence electrons. The number of methoxy groups -OCH3 is 1. The van der Waals surface area contributed by atoms with E-state index in [-0.39, 0.29) is 29.0 Å². The minimum atomic E-state index is -0.109. The van der Waals surface area contributed by atoms with Gasteiger partial charge in [0.15, 0.2) is 0 Å². The van der Waals surface area contributed by atoms with Crippen molar-refractivity contribution >= 4 is 0 Å². The van der Waals surface area contributed by atoms with Gasteiger partial charge in [0.2, 0.25) is 0 Å². The maximum Gasteiger partial charge on any atom is 0.0661 e. The molecule has 0 heterocycles. The first kappa shape index (κ1) is 18.2. The first-order valence-corrected chi connectivity index (χ1v) is 10.00. The lowest BCUT2D eigenvalue weighted by Crippen LogP contribution is -2.54. The van der Waals surface area contributed by atoms with E-state index in [2.05, 4.69) is 26.8 Å². The molecule has 0 saturated heterocycles. The number of ether oxygens (including phenoxy) is 1. The van der Waals surface area contributed by atoms with Crippen LogP contribution in [-0.4, -0.2) is 24.4 Å². The van der Waals surface area contributed by atoms with Gasteiger partial charge in [0.1, 0.15) is 0 Å². The van der Waals surface area contributed by atoms with Crippen molar-refractivity contribution in [2.75, 3.05) is 7.11 Å². The summed E-state index contributed by atoms with van der Waals surface area (Å²) in [5, 5.41) is 19.6. The second-order valence-electron chi connectivity index (χ2n) is 9.33. The molecule has 0 aromatic rings. The van der Waals surface area contributed by atoms with E-state index in [1.54, 1.807) is 0 Å². The van der Waals surface area contributed by atoms with Gasteiger partial charge in [-0.1, -0.05) is 27.2 Å². The van der Waals surface area contributed by atoms with E-state index in [0.717, 1.165) is 38.5 Å². The smallest absolute Gasteiger partial charge is 0.0661 e. The number of nitrogens with zero attached hydrogens (tertiary/aromatic N) is 1. The van der Waals surface area contributed by atoms with E-state index in [4.69, 9.17) is 4.74 Å². The molecule has 24 heavy (non-hydrogen) atoms. The third-order valence-corrected chi connectivity index (χ3v) is 8.26. The fourth-order valence-electron chi connectivity index (χ4n) is 6.89. The van der Waals surface area contributed by atoms with Crippen LogP contribution in [0.5, 0.6) is 0 Å². The summed E-state index contributed by atoms with van der Waals surface area (Å²) in [6, 6.07) is 2.61. The zero-order valence-electron chi connectivity index (χ0n) is 15.9. The Labute approximate surface area is 147 Å². The van der Waals surface area contributed by atoms with Gasteiger partial charge in [0.25, 0.3) is 0 Å². The molecule has 3 saturated carbocycles. The van der Waals surface area contributed by atoms with E-state index in [1.165, 1.54) is 12.8 Å².